The number of aryl methyl sites for hydroxylation is 2. The van der Waals surface area contributed by atoms with Crippen LogP contribution in [-0.4, -0.2) is 19.7 Å². The van der Waals surface area contributed by atoms with Crippen LogP contribution in [0.5, 0.6) is 0 Å². The van der Waals surface area contributed by atoms with Gasteiger partial charge in [-0.3, -0.25) is 0 Å². The average molecular weight is 233 g/mol. The van der Waals surface area contributed by atoms with Gasteiger partial charge >= 0.3 is 0 Å². The zero-order valence-corrected chi connectivity index (χ0v) is 11.1. The normalized spacial score (nSPS) is 24.2. The van der Waals surface area contributed by atoms with Crippen molar-refractivity contribution in [1.82, 2.24) is 5.32 Å². The molecule has 1 saturated heterocycles. The lowest BCUT2D eigenvalue weighted by molar-refractivity contribution is 0.0896. The molecule has 1 aromatic rings. The molecule has 94 valence electrons. The largest absolute Gasteiger partial charge is 0.373 e. The smallest absolute Gasteiger partial charge is 0.0871 e. The first-order valence-corrected chi connectivity index (χ1v) is 6.62. The van der Waals surface area contributed by atoms with Crippen molar-refractivity contribution in [3.8, 4) is 0 Å². The summed E-state index contributed by atoms with van der Waals surface area (Å²) in [4.78, 5) is 0. The molecular weight excluding hydrogens is 210 g/mol. The minimum atomic E-state index is 0.287. The van der Waals surface area contributed by atoms with Gasteiger partial charge < -0.3 is 10.1 Å². The fraction of sp³-hybridized carbons (Fsp3) is 0.600. The first kappa shape index (κ1) is 12.6. The second-order valence-electron chi connectivity index (χ2n) is 4.95. The van der Waals surface area contributed by atoms with E-state index in [0.717, 1.165) is 19.7 Å². The summed E-state index contributed by atoms with van der Waals surface area (Å²) in [6.07, 6.45) is 1.46. The lowest BCUT2D eigenvalue weighted by Gasteiger charge is -2.22. The number of nitrogens with one attached hydrogen (secondary N) is 1. The van der Waals surface area contributed by atoms with Crippen LogP contribution in [0, 0.1) is 19.8 Å². The third-order valence-corrected chi connectivity index (χ3v) is 3.70. The molecule has 2 atom stereocenters. The number of rotatable bonds is 4. The van der Waals surface area contributed by atoms with Crippen LogP contribution in [0.15, 0.2) is 18.2 Å². The predicted octanol–water partition coefficient (Wildman–Crippen LogP) is 2.99. The highest BCUT2D eigenvalue weighted by Crippen LogP contribution is 2.37. The van der Waals surface area contributed by atoms with E-state index in [2.05, 4.69) is 44.3 Å². The van der Waals surface area contributed by atoms with Crippen LogP contribution < -0.4 is 5.32 Å². The van der Waals surface area contributed by atoms with Crippen LogP contribution in [-0.2, 0) is 4.74 Å². The third kappa shape index (κ3) is 2.70. The van der Waals surface area contributed by atoms with E-state index in [0.29, 0.717) is 5.92 Å². The Balaban J connectivity index is 2.20. The van der Waals surface area contributed by atoms with Crippen LogP contribution in [0.3, 0.4) is 0 Å². The van der Waals surface area contributed by atoms with Gasteiger partial charge in [-0.25, -0.2) is 0 Å². The third-order valence-electron chi connectivity index (χ3n) is 3.70. The average Bonchev–Trinajstić information content (AvgIpc) is 2.74. The van der Waals surface area contributed by atoms with Crippen molar-refractivity contribution in [3.63, 3.8) is 0 Å². The molecule has 2 unspecified atom stereocenters. The van der Waals surface area contributed by atoms with Crippen molar-refractivity contribution < 1.29 is 4.74 Å². The molecule has 2 rings (SSSR count). The van der Waals surface area contributed by atoms with Crippen molar-refractivity contribution in [2.24, 2.45) is 5.92 Å². The predicted molar refractivity (Wildman–Crippen MR) is 71.3 cm³/mol. The summed E-state index contributed by atoms with van der Waals surface area (Å²) in [5.74, 6) is 0.620. The van der Waals surface area contributed by atoms with Crippen molar-refractivity contribution >= 4 is 0 Å². The van der Waals surface area contributed by atoms with E-state index in [1.54, 1.807) is 0 Å². The minimum Gasteiger partial charge on any atom is -0.373 e. The van der Waals surface area contributed by atoms with E-state index in [1.165, 1.54) is 23.1 Å². The zero-order chi connectivity index (χ0) is 12.3. The van der Waals surface area contributed by atoms with E-state index in [4.69, 9.17) is 4.74 Å². The lowest BCUT2D eigenvalue weighted by Crippen LogP contribution is -2.25. The molecule has 0 radical (unpaired) electrons. The Kier molecular flexibility index (Phi) is 4.19. The molecule has 2 nitrogen and oxygen atoms in total. The van der Waals surface area contributed by atoms with Gasteiger partial charge in [0.15, 0.2) is 0 Å². The SMILES string of the molecule is CCNCC1CCOC1c1c(C)cccc1C. The maximum Gasteiger partial charge on any atom is 0.0871 e. The molecule has 1 heterocycles. The molecule has 1 aliphatic rings. The van der Waals surface area contributed by atoms with E-state index >= 15 is 0 Å². The summed E-state index contributed by atoms with van der Waals surface area (Å²) in [6.45, 7) is 9.53. The first-order valence-electron chi connectivity index (χ1n) is 6.62. The molecule has 1 fully saturated rings. The van der Waals surface area contributed by atoms with E-state index in [9.17, 15) is 0 Å². The molecule has 1 aliphatic heterocycles. The monoisotopic (exact) mass is 233 g/mol. The van der Waals surface area contributed by atoms with Gasteiger partial charge in [0.25, 0.3) is 0 Å². The van der Waals surface area contributed by atoms with E-state index < -0.39 is 0 Å². The molecular formula is C15H23NO. The van der Waals surface area contributed by atoms with Gasteiger partial charge in [-0.05, 0) is 43.5 Å². The molecule has 0 bridgehead atoms. The lowest BCUT2D eigenvalue weighted by atomic mass is 9.89. The summed E-state index contributed by atoms with van der Waals surface area (Å²) in [6, 6.07) is 6.51. The summed E-state index contributed by atoms with van der Waals surface area (Å²) in [5.41, 5.74) is 4.13. The molecule has 0 amide bonds. The van der Waals surface area contributed by atoms with Crippen molar-refractivity contribution in [3.05, 3.63) is 34.9 Å². The Bertz CT molecular complexity index is 355. The Labute approximate surface area is 104 Å². The van der Waals surface area contributed by atoms with Crippen molar-refractivity contribution in [1.29, 1.82) is 0 Å². The van der Waals surface area contributed by atoms with Gasteiger partial charge in [0.05, 0.1) is 6.10 Å². The van der Waals surface area contributed by atoms with Gasteiger partial charge in [-0.1, -0.05) is 25.1 Å². The standard InChI is InChI=1S/C15H23NO/c1-4-16-10-13-8-9-17-15(13)14-11(2)6-5-7-12(14)3/h5-7,13,15-16H,4,8-10H2,1-3H3. The van der Waals surface area contributed by atoms with Gasteiger partial charge in [0, 0.05) is 19.1 Å². The number of benzene rings is 1. The van der Waals surface area contributed by atoms with Crippen molar-refractivity contribution in [2.45, 2.75) is 33.3 Å². The Morgan fingerprint density at radius 3 is 2.65 bits per heavy atom. The van der Waals surface area contributed by atoms with Gasteiger partial charge in [-0.15, -0.1) is 0 Å². The number of hydrogen-bond acceptors (Lipinski definition) is 2. The highest BCUT2D eigenvalue weighted by Gasteiger charge is 2.30. The quantitative estimate of drug-likeness (QED) is 0.863. The van der Waals surface area contributed by atoms with Gasteiger partial charge in [0.2, 0.25) is 0 Å². The highest BCUT2D eigenvalue weighted by molar-refractivity contribution is 5.36. The molecule has 1 aromatic carbocycles. The molecule has 1 N–H and O–H groups in total. The van der Waals surface area contributed by atoms with Gasteiger partial charge in [0.1, 0.15) is 0 Å². The van der Waals surface area contributed by atoms with Crippen LogP contribution in [0.1, 0.15) is 36.1 Å². The highest BCUT2D eigenvalue weighted by atomic mass is 16.5. The summed E-state index contributed by atoms with van der Waals surface area (Å²) in [7, 11) is 0. The zero-order valence-electron chi connectivity index (χ0n) is 11.1. The van der Waals surface area contributed by atoms with E-state index in [1.807, 2.05) is 0 Å². The summed E-state index contributed by atoms with van der Waals surface area (Å²) < 4.78 is 5.97. The molecule has 0 aliphatic carbocycles. The van der Waals surface area contributed by atoms with Crippen molar-refractivity contribution in [2.75, 3.05) is 19.7 Å². The number of hydrogen-bond donors (Lipinski definition) is 1. The Morgan fingerprint density at radius 1 is 1.29 bits per heavy atom. The fourth-order valence-electron chi connectivity index (χ4n) is 2.77. The topological polar surface area (TPSA) is 21.3 Å². The Morgan fingerprint density at radius 2 is 2.00 bits per heavy atom. The second kappa shape index (κ2) is 5.65. The maximum atomic E-state index is 5.97. The fourth-order valence-corrected chi connectivity index (χ4v) is 2.77. The summed E-state index contributed by atoms with van der Waals surface area (Å²) in [5, 5.41) is 3.45. The van der Waals surface area contributed by atoms with Crippen LogP contribution >= 0.6 is 0 Å². The van der Waals surface area contributed by atoms with Crippen LogP contribution in [0.4, 0.5) is 0 Å². The van der Waals surface area contributed by atoms with E-state index in [-0.39, 0.29) is 6.10 Å². The molecule has 0 saturated carbocycles. The molecule has 0 aromatic heterocycles. The number of ether oxygens (including phenoxy) is 1. The Hall–Kier alpha value is -0.860. The van der Waals surface area contributed by atoms with Crippen LogP contribution in [0.2, 0.25) is 0 Å². The second-order valence-corrected chi connectivity index (χ2v) is 4.95. The van der Waals surface area contributed by atoms with Crippen LogP contribution in [0.25, 0.3) is 0 Å². The minimum absolute atomic E-state index is 0.287. The molecule has 17 heavy (non-hydrogen) atoms. The molecule has 0 spiro atoms. The summed E-state index contributed by atoms with van der Waals surface area (Å²) >= 11 is 0. The molecule has 2 heteroatoms. The van der Waals surface area contributed by atoms with Gasteiger partial charge in [-0.2, -0.15) is 0 Å². The maximum absolute atomic E-state index is 5.97. The first-order chi connectivity index (χ1) is 8.24.